The van der Waals surface area contributed by atoms with Gasteiger partial charge in [-0.2, -0.15) is 0 Å². The highest BCUT2D eigenvalue weighted by Gasteiger charge is 2.48. The maximum Gasteiger partial charge on any atom is 0.333 e. The van der Waals surface area contributed by atoms with Crippen LogP contribution in [0.15, 0.2) is 10.6 Å². The fourth-order valence-corrected chi connectivity index (χ4v) is 2.65. The molecule has 96 valence electrons. The van der Waals surface area contributed by atoms with Crippen molar-refractivity contribution in [1.82, 2.24) is 10.1 Å². The predicted octanol–water partition coefficient (Wildman–Crippen LogP) is 1.55. The molecule has 0 saturated carbocycles. The fraction of sp³-hybridized carbons (Fsp3) is 0.583. The van der Waals surface area contributed by atoms with Gasteiger partial charge in [0, 0.05) is 12.6 Å². The van der Waals surface area contributed by atoms with Crippen LogP contribution in [0.4, 0.5) is 10.6 Å². The van der Waals surface area contributed by atoms with E-state index in [4.69, 9.17) is 4.52 Å². The van der Waals surface area contributed by atoms with Gasteiger partial charge in [-0.05, 0) is 25.7 Å². The molecule has 18 heavy (non-hydrogen) atoms. The summed E-state index contributed by atoms with van der Waals surface area (Å²) in [6.45, 7) is 4.48. The van der Waals surface area contributed by atoms with Crippen LogP contribution in [0.3, 0.4) is 0 Å². The quantitative estimate of drug-likeness (QED) is 0.708. The van der Waals surface area contributed by atoms with E-state index in [0.717, 1.165) is 17.7 Å². The van der Waals surface area contributed by atoms with Crippen LogP contribution < -0.4 is 4.90 Å². The zero-order chi connectivity index (χ0) is 12.9. The number of aromatic nitrogens is 1. The summed E-state index contributed by atoms with van der Waals surface area (Å²) in [6, 6.07) is 1.01. The van der Waals surface area contributed by atoms with Crippen LogP contribution in [0.2, 0.25) is 0 Å². The Morgan fingerprint density at radius 2 is 2.22 bits per heavy atom. The molecule has 2 atom stereocenters. The van der Waals surface area contributed by atoms with Crippen LogP contribution in [0, 0.1) is 12.8 Å². The molecule has 6 heteroatoms. The molecule has 1 aromatic rings. The topological polar surface area (TPSA) is 66.7 Å². The van der Waals surface area contributed by atoms with Crippen LogP contribution in [0.25, 0.3) is 0 Å². The number of carbonyl (C=O) groups is 2. The summed E-state index contributed by atoms with van der Waals surface area (Å²) in [5.74, 6) is 1.18. The zero-order valence-corrected chi connectivity index (χ0v) is 10.4. The Balaban J connectivity index is 1.93. The van der Waals surface area contributed by atoms with Gasteiger partial charge in [0.05, 0.1) is 0 Å². The molecule has 3 heterocycles. The maximum absolute atomic E-state index is 12.3. The minimum atomic E-state index is -0.321. The number of urea groups is 1. The van der Waals surface area contributed by atoms with Gasteiger partial charge in [-0.15, -0.1) is 0 Å². The minimum absolute atomic E-state index is 0.181. The van der Waals surface area contributed by atoms with Crippen molar-refractivity contribution in [1.29, 1.82) is 0 Å². The molecular formula is C12H15N3O3. The molecule has 2 fully saturated rings. The molecule has 3 amide bonds. The van der Waals surface area contributed by atoms with Gasteiger partial charge < -0.3 is 9.42 Å². The van der Waals surface area contributed by atoms with Gasteiger partial charge in [0.1, 0.15) is 11.8 Å². The third-order valence-corrected chi connectivity index (χ3v) is 3.65. The van der Waals surface area contributed by atoms with Crippen molar-refractivity contribution in [3.8, 4) is 0 Å². The Kier molecular flexibility index (Phi) is 2.39. The van der Waals surface area contributed by atoms with Crippen LogP contribution in [-0.4, -0.2) is 34.6 Å². The fourth-order valence-electron chi connectivity index (χ4n) is 2.65. The molecule has 0 radical (unpaired) electrons. The number of fused-ring (bicyclic) bond motifs is 1. The monoisotopic (exact) mass is 249 g/mol. The summed E-state index contributed by atoms with van der Waals surface area (Å²) in [4.78, 5) is 27.3. The van der Waals surface area contributed by atoms with Gasteiger partial charge in [0.2, 0.25) is 0 Å². The lowest BCUT2D eigenvalue weighted by Gasteiger charge is -2.30. The molecule has 0 aromatic carbocycles. The number of imide groups is 1. The number of anilines is 1. The SMILES string of the molecule is Cc1cc(N2C(=O)[C@H]3C[C@H](C)CCN3C2=O)no1. The van der Waals surface area contributed by atoms with E-state index in [-0.39, 0.29) is 18.0 Å². The summed E-state index contributed by atoms with van der Waals surface area (Å²) < 4.78 is 4.93. The Morgan fingerprint density at radius 3 is 2.89 bits per heavy atom. The number of aryl methyl sites for hydroxylation is 1. The molecule has 2 aliphatic rings. The van der Waals surface area contributed by atoms with Crippen LogP contribution >= 0.6 is 0 Å². The Bertz CT molecular complexity index is 510. The predicted molar refractivity (Wildman–Crippen MR) is 63.0 cm³/mol. The van der Waals surface area contributed by atoms with E-state index in [0.29, 0.717) is 24.0 Å². The van der Waals surface area contributed by atoms with Crippen molar-refractivity contribution in [3.63, 3.8) is 0 Å². The molecule has 2 saturated heterocycles. The zero-order valence-electron chi connectivity index (χ0n) is 10.4. The van der Waals surface area contributed by atoms with E-state index in [2.05, 4.69) is 12.1 Å². The van der Waals surface area contributed by atoms with Crippen molar-refractivity contribution in [2.45, 2.75) is 32.7 Å². The summed E-state index contributed by atoms with van der Waals surface area (Å²) in [7, 11) is 0. The van der Waals surface area contributed by atoms with Crippen LogP contribution in [-0.2, 0) is 4.79 Å². The molecule has 6 nitrogen and oxygen atoms in total. The molecule has 3 rings (SSSR count). The van der Waals surface area contributed by atoms with Crippen molar-refractivity contribution >= 4 is 17.8 Å². The van der Waals surface area contributed by atoms with E-state index in [1.165, 1.54) is 0 Å². The third-order valence-electron chi connectivity index (χ3n) is 3.65. The summed E-state index contributed by atoms with van der Waals surface area (Å²) >= 11 is 0. The lowest BCUT2D eigenvalue weighted by atomic mass is 9.93. The number of hydrogen-bond acceptors (Lipinski definition) is 4. The Morgan fingerprint density at radius 1 is 1.44 bits per heavy atom. The number of rotatable bonds is 1. The average Bonchev–Trinajstić information content (AvgIpc) is 2.84. The normalized spacial score (nSPS) is 27.9. The van der Waals surface area contributed by atoms with Gasteiger partial charge in [-0.25, -0.2) is 9.69 Å². The highest BCUT2D eigenvalue weighted by atomic mass is 16.5. The second-order valence-electron chi connectivity index (χ2n) is 5.09. The van der Waals surface area contributed by atoms with E-state index >= 15 is 0 Å². The van der Waals surface area contributed by atoms with Crippen LogP contribution in [0.1, 0.15) is 25.5 Å². The molecular weight excluding hydrogens is 234 g/mol. The smallest absolute Gasteiger partial charge is 0.333 e. The minimum Gasteiger partial charge on any atom is -0.360 e. The molecule has 0 bridgehead atoms. The summed E-state index contributed by atoms with van der Waals surface area (Å²) in [6.07, 6.45) is 1.68. The molecule has 0 spiro atoms. The van der Waals surface area contributed by atoms with Gasteiger partial charge >= 0.3 is 6.03 Å². The molecule has 0 aliphatic carbocycles. The number of piperidine rings is 1. The average molecular weight is 249 g/mol. The molecule has 0 unspecified atom stereocenters. The van der Waals surface area contributed by atoms with Crippen molar-refractivity contribution in [2.24, 2.45) is 5.92 Å². The van der Waals surface area contributed by atoms with Crippen molar-refractivity contribution in [2.75, 3.05) is 11.4 Å². The molecule has 1 aromatic heterocycles. The third kappa shape index (κ3) is 1.52. The van der Waals surface area contributed by atoms with Gasteiger partial charge in [-0.1, -0.05) is 12.1 Å². The van der Waals surface area contributed by atoms with Gasteiger partial charge in [0.15, 0.2) is 5.82 Å². The number of nitrogens with zero attached hydrogens (tertiary/aromatic N) is 3. The van der Waals surface area contributed by atoms with Gasteiger partial charge in [0.25, 0.3) is 5.91 Å². The van der Waals surface area contributed by atoms with Crippen LogP contribution in [0.5, 0.6) is 0 Å². The largest absolute Gasteiger partial charge is 0.360 e. The maximum atomic E-state index is 12.3. The molecule has 2 aliphatic heterocycles. The van der Waals surface area contributed by atoms with Crippen molar-refractivity contribution in [3.05, 3.63) is 11.8 Å². The van der Waals surface area contributed by atoms with E-state index in [1.54, 1.807) is 17.9 Å². The second-order valence-corrected chi connectivity index (χ2v) is 5.09. The number of carbonyl (C=O) groups excluding carboxylic acids is 2. The standard InChI is InChI=1S/C12H15N3O3/c1-7-3-4-14-9(5-7)11(16)15(12(14)17)10-6-8(2)18-13-10/h6-7,9H,3-5H2,1-2H3/t7-,9-/m1/s1. The number of amides is 3. The highest BCUT2D eigenvalue weighted by Crippen LogP contribution is 2.32. The lowest BCUT2D eigenvalue weighted by molar-refractivity contribution is -0.120. The first-order chi connectivity index (χ1) is 8.58. The van der Waals surface area contributed by atoms with Crippen molar-refractivity contribution < 1.29 is 14.1 Å². The Labute approximate surface area is 105 Å². The van der Waals surface area contributed by atoms with E-state index in [9.17, 15) is 9.59 Å². The Hall–Kier alpha value is -1.85. The first-order valence-corrected chi connectivity index (χ1v) is 6.16. The number of hydrogen-bond donors (Lipinski definition) is 0. The lowest BCUT2D eigenvalue weighted by Crippen LogP contribution is -2.41. The first kappa shape index (κ1) is 11.3. The second kappa shape index (κ2) is 3.83. The first-order valence-electron chi connectivity index (χ1n) is 6.16. The summed E-state index contributed by atoms with van der Waals surface area (Å²) in [5, 5.41) is 3.76. The highest BCUT2D eigenvalue weighted by molar-refractivity contribution is 6.20. The molecule has 0 N–H and O–H groups in total. The van der Waals surface area contributed by atoms with E-state index in [1.807, 2.05) is 0 Å². The van der Waals surface area contributed by atoms with E-state index < -0.39 is 0 Å². The summed E-state index contributed by atoms with van der Waals surface area (Å²) in [5.41, 5.74) is 0. The van der Waals surface area contributed by atoms with Gasteiger partial charge in [-0.3, -0.25) is 4.79 Å².